The number of alkyl carbamates (subject to hydrolysis) is 1. The second kappa shape index (κ2) is 16.9. The number of carbonyl (C=O) groups is 6. The number of nitrogens with two attached hydrogens (primary N) is 1. The maximum absolute atomic E-state index is 13.6. The zero-order valence-electron chi connectivity index (χ0n) is 25.2. The summed E-state index contributed by atoms with van der Waals surface area (Å²) in [5, 5.41) is 7.49. The Morgan fingerprint density at radius 3 is 1.98 bits per heavy atom. The molecule has 0 fully saturated rings. The molecule has 14 nitrogen and oxygen atoms in total. The number of nitrogens with one attached hydrogen (secondary N) is 3. The zero-order valence-corrected chi connectivity index (χ0v) is 26.0. The summed E-state index contributed by atoms with van der Waals surface area (Å²) in [4.78, 5) is 77.8. The lowest BCUT2D eigenvalue weighted by atomic mass is 10.0. The maximum atomic E-state index is 13.6. The van der Waals surface area contributed by atoms with Crippen LogP contribution in [-0.4, -0.2) is 115 Å². The minimum Gasteiger partial charge on any atom is -0.467 e. The van der Waals surface area contributed by atoms with Crippen LogP contribution in [0.5, 0.6) is 0 Å². The van der Waals surface area contributed by atoms with Gasteiger partial charge in [0.25, 0.3) is 0 Å². The Kier molecular flexibility index (Phi) is 15.6. The van der Waals surface area contributed by atoms with Gasteiger partial charge in [-0.2, -0.15) is 0 Å². The summed E-state index contributed by atoms with van der Waals surface area (Å²) in [6.07, 6.45) is -0.843. The molecule has 0 aromatic carbocycles. The molecule has 0 aliphatic carbocycles. The van der Waals surface area contributed by atoms with E-state index in [-0.39, 0.29) is 30.0 Å². The van der Waals surface area contributed by atoms with Gasteiger partial charge in [-0.1, -0.05) is 13.8 Å². The van der Waals surface area contributed by atoms with Gasteiger partial charge in [0.1, 0.15) is 29.8 Å². The summed E-state index contributed by atoms with van der Waals surface area (Å²) < 4.78 is 10.0. The second-order valence-corrected chi connectivity index (χ2v) is 11.6. The molecule has 0 saturated heterocycles. The average molecular weight is 591 g/mol. The molecule has 0 aliphatic rings. The number of rotatable bonds is 14. The molecule has 4 atom stereocenters. The van der Waals surface area contributed by atoms with Crippen molar-refractivity contribution in [2.45, 2.75) is 78.2 Å². The van der Waals surface area contributed by atoms with Gasteiger partial charge in [0.15, 0.2) is 0 Å². The minimum atomic E-state index is -1.17. The highest BCUT2D eigenvalue weighted by atomic mass is 32.2. The Bertz CT molecular complexity index is 910. The van der Waals surface area contributed by atoms with Gasteiger partial charge in [0, 0.05) is 33.3 Å². The number of carbonyl (C=O) groups excluding carboxylic acids is 6. The molecule has 0 aromatic heterocycles. The third-order valence-electron chi connectivity index (χ3n) is 5.61. The predicted octanol–water partition coefficient (Wildman–Crippen LogP) is -0.347. The van der Waals surface area contributed by atoms with Crippen molar-refractivity contribution in [3.8, 4) is 0 Å². The van der Waals surface area contributed by atoms with E-state index in [9.17, 15) is 28.8 Å². The molecule has 5 N–H and O–H groups in total. The highest BCUT2D eigenvalue weighted by molar-refractivity contribution is 7.99. The molecule has 0 aromatic rings. The maximum Gasteiger partial charge on any atom is 0.408 e. The predicted molar refractivity (Wildman–Crippen MR) is 151 cm³/mol. The van der Waals surface area contributed by atoms with Crippen molar-refractivity contribution in [3.05, 3.63) is 0 Å². The molecule has 15 heteroatoms. The second-order valence-electron chi connectivity index (χ2n) is 10.5. The van der Waals surface area contributed by atoms with Crippen molar-refractivity contribution in [3.63, 3.8) is 0 Å². The van der Waals surface area contributed by atoms with Gasteiger partial charge in [-0.05, 0) is 33.6 Å². The van der Waals surface area contributed by atoms with Crippen LogP contribution < -0.4 is 21.7 Å². The molecule has 5 amide bonds. The summed E-state index contributed by atoms with van der Waals surface area (Å²) in [5.41, 5.74) is 4.86. The van der Waals surface area contributed by atoms with Crippen molar-refractivity contribution in [1.29, 1.82) is 0 Å². The lowest BCUT2D eigenvalue weighted by Gasteiger charge is -2.36. The van der Waals surface area contributed by atoms with Crippen molar-refractivity contribution in [2.75, 3.05) is 39.4 Å². The molecule has 0 heterocycles. The Hall–Kier alpha value is -3.07. The van der Waals surface area contributed by atoms with Crippen LogP contribution in [0.3, 0.4) is 0 Å². The summed E-state index contributed by atoms with van der Waals surface area (Å²) in [5.74, 6) is -2.70. The van der Waals surface area contributed by atoms with E-state index in [1.807, 2.05) is 0 Å². The first-order valence-corrected chi connectivity index (χ1v) is 14.0. The molecule has 40 heavy (non-hydrogen) atoms. The molecule has 0 unspecified atom stereocenters. The van der Waals surface area contributed by atoms with Gasteiger partial charge >= 0.3 is 12.1 Å². The van der Waals surface area contributed by atoms with E-state index >= 15 is 0 Å². The van der Waals surface area contributed by atoms with Gasteiger partial charge in [0.05, 0.1) is 13.0 Å². The van der Waals surface area contributed by atoms with Crippen LogP contribution in [0, 0.1) is 5.92 Å². The molecular weight excluding hydrogens is 544 g/mol. The van der Waals surface area contributed by atoms with E-state index in [1.165, 1.54) is 56.6 Å². The van der Waals surface area contributed by atoms with Crippen LogP contribution in [0.25, 0.3) is 0 Å². The Morgan fingerprint density at radius 1 is 0.950 bits per heavy atom. The van der Waals surface area contributed by atoms with Crippen molar-refractivity contribution in [2.24, 2.45) is 11.7 Å². The highest BCUT2D eigenvalue weighted by Crippen LogP contribution is 2.17. The number of ether oxygens (including phenoxy) is 2. The lowest BCUT2D eigenvalue weighted by Crippen LogP contribution is -2.59. The average Bonchev–Trinajstić information content (AvgIpc) is 2.84. The molecular formula is C25H46N6O8S. The van der Waals surface area contributed by atoms with E-state index in [2.05, 4.69) is 16.0 Å². The fourth-order valence-corrected chi connectivity index (χ4v) is 4.57. The van der Waals surface area contributed by atoms with E-state index in [4.69, 9.17) is 15.2 Å². The normalized spacial score (nSPS) is 14.2. The summed E-state index contributed by atoms with van der Waals surface area (Å²) >= 11 is 1.21. The smallest absolute Gasteiger partial charge is 0.408 e. The fraction of sp³-hybridized carbons (Fsp3) is 0.760. The highest BCUT2D eigenvalue weighted by Gasteiger charge is 2.38. The Balaban J connectivity index is 5.76. The number of thioether (sulfide) groups is 1. The SMILES string of the molecule is COC(=O)[C@H](C(C)C)N(C)C(=O)[C@H](CSCNC(C)=O)N(C)C(=O)[C@H](C)NC(=O)[C@@H](CN)NC(=O)OC(C)(C)C. The molecule has 0 rings (SSSR count). The van der Waals surface area contributed by atoms with E-state index in [1.54, 1.807) is 34.6 Å². The third-order valence-corrected chi connectivity index (χ3v) is 6.51. The molecule has 0 bridgehead atoms. The molecule has 230 valence electrons. The first-order chi connectivity index (χ1) is 18.4. The standard InChI is InChI=1S/C25H46N6O8S/c1-14(2)19(23(36)38-10)31(9)22(35)18(12-40-13-27-16(4)32)30(8)21(34)15(3)28-20(33)17(11-26)29-24(37)39-25(5,6)7/h14-15,17-19H,11-13,26H2,1-10H3,(H,27,32)(H,28,33)(H,29,37)/t15-,17+,18-,19-/m0/s1. The topological polar surface area (TPSA) is 189 Å². The fourth-order valence-electron chi connectivity index (χ4n) is 3.56. The first kappa shape index (κ1) is 36.9. The first-order valence-electron chi connectivity index (χ1n) is 12.8. The Morgan fingerprint density at radius 2 is 1.52 bits per heavy atom. The molecule has 0 saturated carbocycles. The van der Waals surface area contributed by atoms with Gasteiger partial charge in [0.2, 0.25) is 23.6 Å². The number of nitrogens with zero attached hydrogens (tertiary/aromatic N) is 2. The van der Waals surface area contributed by atoms with E-state index in [0.29, 0.717) is 0 Å². The zero-order chi connectivity index (χ0) is 31.4. The van der Waals surface area contributed by atoms with Crippen molar-refractivity contribution >= 4 is 47.5 Å². The third kappa shape index (κ3) is 12.4. The van der Waals surface area contributed by atoms with Crippen molar-refractivity contribution in [1.82, 2.24) is 25.8 Å². The number of likely N-dealkylation sites (N-methyl/N-ethyl adjacent to an activating group) is 2. The van der Waals surface area contributed by atoms with Gasteiger partial charge in [-0.25, -0.2) is 9.59 Å². The number of hydrogen-bond acceptors (Lipinski definition) is 10. The summed E-state index contributed by atoms with van der Waals surface area (Å²) in [6.45, 7) is 11.1. The molecule has 0 aliphatic heterocycles. The van der Waals surface area contributed by atoms with E-state index in [0.717, 1.165) is 0 Å². The van der Waals surface area contributed by atoms with Gasteiger partial charge < -0.3 is 41.0 Å². The summed E-state index contributed by atoms with van der Waals surface area (Å²) in [6, 6.07) is -4.22. The van der Waals surface area contributed by atoms with Crippen LogP contribution in [-0.2, 0) is 33.4 Å². The van der Waals surface area contributed by atoms with Crippen LogP contribution in [0.2, 0.25) is 0 Å². The minimum absolute atomic E-state index is 0.0873. The number of esters is 1. The van der Waals surface area contributed by atoms with Gasteiger partial charge in [-0.15, -0.1) is 11.8 Å². The quantitative estimate of drug-likeness (QED) is 0.118. The van der Waals surface area contributed by atoms with Gasteiger partial charge in [-0.3, -0.25) is 19.2 Å². The van der Waals surface area contributed by atoms with Crippen LogP contribution in [0.1, 0.15) is 48.5 Å². The number of amides is 5. The van der Waals surface area contributed by atoms with Crippen molar-refractivity contribution < 1.29 is 38.2 Å². The molecule has 0 radical (unpaired) electrons. The lowest BCUT2D eigenvalue weighted by molar-refractivity contribution is -0.156. The number of hydrogen-bond donors (Lipinski definition) is 4. The van der Waals surface area contributed by atoms with Crippen LogP contribution in [0.15, 0.2) is 0 Å². The monoisotopic (exact) mass is 590 g/mol. The number of methoxy groups -OCH3 is 1. The van der Waals surface area contributed by atoms with Crippen LogP contribution >= 0.6 is 11.8 Å². The summed E-state index contributed by atoms with van der Waals surface area (Å²) in [7, 11) is 4.08. The van der Waals surface area contributed by atoms with E-state index < -0.39 is 59.6 Å². The van der Waals surface area contributed by atoms with Crippen LogP contribution in [0.4, 0.5) is 4.79 Å². The Labute approximate surface area is 240 Å². The largest absolute Gasteiger partial charge is 0.467 e. The molecule has 0 spiro atoms.